The molecule has 0 radical (unpaired) electrons. The van der Waals surface area contributed by atoms with Crippen LogP contribution in [0.25, 0.3) is 10.9 Å². The van der Waals surface area contributed by atoms with E-state index in [1.165, 1.54) is 19.5 Å². The van der Waals surface area contributed by atoms with E-state index in [0.29, 0.717) is 22.5 Å². The van der Waals surface area contributed by atoms with Crippen LogP contribution in [0.5, 0.6) is 0 Å². The summed E-state index contributed by atoms with van der Waals surface area (Å²) in [5.41, 5.74) is 1.30. The Balaban J connectivity index is 2.00. The predicted octanol–water partition coefficient (Wildman–Crippen LogP) is 3.30. The van der Waals surface area contributed by atoms with Gasteiger partial charge in [-0.15, -0.1) is 0 Å². The number of rotatable bonds is 3. The normalized spacial score (nSPS) is 10.5. The summed E-state index contributed by atoms with van der Waals surface area (Å²) in [5.74, 6) is -0.375. The standard InChI is InChI=1S/C16H12FN3O2/c1-22-16(21)10-4-2-5-11(8-10)20-15-12-6-3-7-13(17)14(12)18-9-19-15/h2-9H,1H3,(H,18,19,20). The molecule has 110 valence electrons. The number of benzene rings is 2. The third kappa shape index (κ3) is 2.58. The number of nitrogens with zero attached hydrogens (tertiary/aromatic N) is 2. The minimum absolute atomic E-state index is 0.240. The molecule has 2 aromatic carbocycles. The maximum absolute atomic E-state index is 13.7. The van der Waals surface area contributed by atoms with Gasteiger partial charge in [0.15, 0.2) is 0 Å². The van der Waals surface area contributed by atoms with E-state index in [1.54, 1.807) is 36.4 Å². The Labute approximate surface area is 125 Å². The summed E-state index contributed by atoms with van der Waals surface area (Å²) in [6, 6.07) is 11.4. The lowest BCUT2D eigenvalue weighted by Gasteiger charge is -2.09. The molecule has 0 amide bonds. The zero-order valence-corrected chi connectivity index (χ0v) is 11.7. The van der Waals surface area contributed by atoms with Crippen LogP contribution in [0.2, 0.25) is 0 Å². The zero-order chi connectivity index (χ0) is 15.5. The predicted molar refractivity (Wildman–Crippen MR) is 80.6 cm³/mol. The minimum atomic E-state index is -0.428. The topological polar surface area (TPSA) is 64.1 Å². The number of nitrogens with one attached hydrogen (secondary N) is 1. The summed E-state index contributed by atoms with van der Waals surface area (Å²) in [5, 5.41) is 3.63. The second-order valence-corrected chi connectivity index (χ2v) is 4.56. The van der Waals surface area contributed by atoms with Gasteiger partial charge >= 0.3 is 5.97 Å². The van der Waals surface area contributed by atoms with E-state index in [-0.39, 0.29) is 5.52 Å². The van der Waals surface area contributed by atoms with Gasteiger partial charge in [0.25, 0.3) is 0 Å². The van der Waals surface area contributed by atoms with E-state index in [2.05, 4.69) is 20.0 Å². The third-order valence-corrected chi connectivity index (χ3v) is 3.16. The first kappa shape index (κ1) is 13.9. The van der Waals surface area contributed by atoms with Crippen LogP contribution >= 0.6 is 0 Å². The monoisotopic (exact) mass is 297 g/mol. The Morgan fingerprint density at radius 1 is 1.18 bits per heavy atom. The van der Waals surface area contributed by atoms with Crippen molar-refractivity contribution in [3.63, 3.8) is 0 Å². The van der Waals surface area contributed by atoms with E-state index in [0.717, 1.165) is 0 Å². The SMILES string of the molecule is COC(=O)c1cccc(Nc2ncnc3c(F)cccc23)c1. The molecule has 3 rings (SSSR count). The van der Waals surface area contributed by atoms with Crippen LogP contribution in [0.1, 0.15) is 10.4 Å². The molecule has 0 aliphatic rings. The molecule has 0 spiro atoms. The van der Waals surface area contributed by atoms with E-state index in [4.69, 9.17) is 0 Å². The quantitative estimate of drug-likeness (QED) is 0.751. The summed E-state index contributed by atoms with van der Waals surface area (Å²) in [6.45, 7) is 0. The van der Waals surface area contributed by atoms with Gasteiger partial charge < -0.3 is 10.1 Å². The second-order valence-electron chi connectivity index (χ2n) is 4.56. The Morgan fingerprint density at radius 3 is 2.82 bits per heavy atom. The molecule has 1 heterocycles. The largest absolute Gasteiger partial charge is 0.465 e. The first-order valence-corrected chi connectivity index (χ1v) is 6.53. The van der Waals surface area contributed by atoms with Gasteiger partial charge in [-0.2, -0.15) is 0 Å². The molecule has 0 fully saturated rings. The molecular weight excluding hydrogens is 285 g/mol. The lowest BCUT2D eigenvalue weighted by molar-refractivity contribution is 0.0601. The lowest BCUT2D eigenvalue weighted by Crippen LogP contribution is -2.02. The lowest BCUT2D eigenvalue weighted by atomic mass is 10.2. The van der Waals surface area contributed by atoms with Crippen molar-refractivity contribution in [1.29, 1.82) is 0 Å². The van der Waals surface area contributed by atoms with Gasteiger partial charge in [0, 0.05) is 11.1 Å². The highest BCUT2D eigenvalue weighted by Crippen LogP contribution is 2.24. The summed E-state index contributed by atoms with van der Waals surface area (Å²) in [4.78, 5) is 19.6. The van der Waals surface area contributed by atoms with Gasteiger partial charge in [-0.25, -0.2) is 19.2 Å². The highest BCUT2D eigenvalue weighted by Gasteiger charge is 2.09. The van der Waals surface area contributed by atoms with E-state index < -0.39 is 11.8 Å². The minimum Gasteiger partial charge on any atom is -0.465 e. The second kappa shape index (κ2) is 5.77. The zero-order valence-electron chi connectivity index (χ0n) is 11.7. The fraction of sp³-hybridized carbons (Fsp3) is 0.0625. The smallest absolute Gasteiger partial charge is 0.337 e. The molecular formula is C16H12FN3O2. The van der Waals surface area contributed by atoms with Crippen LogP contribution in [0, 0.1) is 5.82 Å². The first-order chi connectivity index (χ1) is 10.7. The average molecular weight is 297 g/mol. The van der Waals surface area contributed by atoms with Gasteiger partial charge in [-0.3, -0.25) is 0 Å². The number of hydrogen-bond donors (Lipinski definition) is 1. The number of anilines is 2. The Hall–Kier alpha value is -3.02. The molecule has 3 aromatic rings. The van der Waals surface area contributed by atoms with Crippen molar-refractivity contribution < 1.29 is 13.9 Å². The van der Waals surface area contributed by atoms with Crippen molar-refractivity contribution in [2.75, 3.05) is 12.4 Å². The molecule has 0 bridgehead atoms. The number of para-hydroxylation sites is 1. The number of esters is 1. The van der Waals surface area contributed by atoms with Crippen LogP contribution in [-0.2, 0) is 4.74 Å². The number of aromatic nitrogens is 2. The van der Waals surface area contributed by atoms with E-state index in [1.807, 2.05) is 0 Å². The highest BCUT2D eigenvalue weighted by molar-refractivity contribution is 5.93. The number of carbonyl (C=O) groups excluding carboxylic acids is 1. The third-order valence-electron chi connectivity index (χ3n) is 3.16. The van der Waals surface area contributed by atoms with Crippen LogP contribution in [0.15, 0.2) is 48.8 Å². The van der Waals surface area contributed by atoms with Crippen molar-refractivity contribution >= 4 is 28.4 Å². The summed E-state index contributed by atoms with van der Waals surface area (Å²) >= 11 is 0. The van der Waals surface area contributed by atoms with Crippen LogP contribution in [-0.4, -0.2) is 23.0 Å². The number of fused-ring (bicyclic) bond motifs is 1. The van der Waals surface area contributed by atoms with Crippen molar-refractivity contribution in [3.05, 3.63) is 60.2 Å². The van der Waals surface area contributed by atoms with Crippen molar-refractivity contribution in [2.24, 2.45) is 0 Å². The average Bonchev–Trinajstić information content (AvgIpc) is 2.55. The Kier molecular flexibility index (Phi) is 3.65. The molecule has 1 aromatic heterocycles. The Morgan fingerprint density at radius 2 is 2.00 bits per heavy atom. The number of hydrogen-bond acceptors (Lipinski definition) is 5. The van der Waals surface area contributed by atoms with Crippen molar-refractivity contribution in [1.82, 2.24) is 9.97 Å². The number of carbonyl (C=O) groups is 1. The molecule has 0 unspecified atom stereocenters. The molecule has 0 atom stereocenters. The van der Waals surface area contributed by atoms with Crippen LogP contribution in [0.3, 0.4) is 0 Å². The van der Waals surface area contributed by atoms with Crippen LogP contribution in [0.4, 0.5) is 15.9 Å². The molecule has 0 aliphatic carbocycles. The molecule has 0 aliphatic heterocycles. The van der Waals surface area contributed by atoms with E-state index in [9.17, 15) is 9.18 Å². The van der Waals surface area contributed by atoms with Crippen molar-refractivity contribution in [2.45, 2.75) is 0 Å². The maximum atomic E-state index is 13.7. The molecule has 6 heteroatoms. The number of ether oxygens (including phenoxy) is 1. The van der Waals surface area contributed by atoms with Gasteiger partial charge in [0.2, 0.25) is 0 Å². The summed E-state index contributed by atoms with van der Waals surface area (Å²) < 4.78 is 18.4. The van der Waals surface area contributed by atoms with Gasteiger partial charge in [0.1, 0.15) is 23.5 Å². The van der Waals surface area contributed by atoms with Gasteiger partial charge in [0.05, 0.1) is 12.7 Å². The molecule has 22 heavy (non-hydrogen) atoms. The van der Waals surface area contributed by atoms with Gasteiger partial charge in [-0.05, 0) is 30.3 Å². The molecule has 0 saturated carbocycles. The van der Waals surface area contributed by atoms with E-state index >= 15 is 0 Å². The Bertz CT molecular complexity index is 852. The maximum Gasteiger partial charge on any atom is 0.337 e. The molecule has 5 nitrogen and oxygen atoms in total. The van der Waals surface area contributed by atoms with Crippen molar-refractivity contribution in [3.8, 4) is 0 Å². The summed E-state index contributed by atoms with van der Waals surface area (Å²) in [7, 11) is 1.32. The van der Waals surface area contributed by atoms with Gasteiger partial charge in [-0.1, -0.05) is 12.1 Å². The molecule has 0 saturated heterocycles. The summed E-state index contributed by atoms with van der Waals surface area (Å²) in [6.07, 6.45) is 1.29. The fourth-order valence-electron chi connectivity index (χ4n) is 2.13. The first-order valence-electron chi connectivity index (χ1n) is 6.53. The number of halogens is 1. The van der Waals surface area contributed by atoms with Crippen LogP contribution < -0.4 is 5.32 Å². The molecule has 1 N–H and O–H groups in total. The fourth-order valence-corrected chi connectivity index (χ4v) is 2.13. The highest BCUT2D eigenvalue weighted by atomic mass is 19.1. The number of methoxy groups -OCH3 is 1.